The molecular weight excluding hydrogens is 186 g/mol. The monoisotopic (exact) mass is 201 g/mol. The van der Waals surface area contributed by atoms with Gasteiger partial charge in [0.1, 0.15) is 6.04 Å². The van der Waals surface area contributed by atoms with E-state index in [1.165, 1.54) is 0 Å². The van der Waals surface area contributed by atoms with Gasteiger partial charge in [0.15, 0.2) is 0 Å². The number of carbonyl (C=O) groups is 2. The Morgan fingerprint density at radius 3 is 2.33 bits per heavy atom. The number of nitrogens with one attached hydrogen (secondary N) is 1. The van der Waals surface area contributed by atoms with Gasteiger partial charge in [-0.15, -0.1) is 0 Å². The van der Waals surface area contributed by atoms with E-state index >= 15 is 0 Å². The molecule has 0 saturated carbocycles. The van der Waals surface area contributed by atoms with Gasteiger partial charge >= 0.3 is 43.7 Å². The molecule has 0 fully saturated rings. The third-order valence-corrected chi connectivity index (χ3v) is 1.27. The first kappa shape index (κ1) is 14.7. The zero-order valence-corrected chi connectivity index (χ0v) is 6.70. The van der Waals surface area contributed by atoms with Gasteiger partial charge < -0.3 is 10.4 Å². The number of hydrogen-bond acceptors (Lipinski definition) is 2. The average molecular weight is 201 g/mol. The maximum atomic E-state index is 10.4. The number of carboxylic acid groups (broad SMARTS) is 1. The summed E-state index contributed by atoms with van der Waals surface area (Å²) >= 11 is 0. The first-order chi connectivity index (χ1) is 5.07. The van der Waals surface area contributed by atoms with Crippen LogP contribution in [0.2, 0.25) is 0 Å². The van der Waals surface area contributed by atoms with Crippen molar-refractivity contribution in [2.45, 2.75) is 26.3 Å². The van der Waals surface area contributed by atoms with Crippen LogP contribution in [0.1, 0.15) is 20.3 Å². The Morgan fingerprint density at radius 1 is 1.58 bits per heavy atom. The third kappa shape index (κ3) is 6.88. The van der Waals surface area contributed by atoms with Gasteiger partial charge in [0.05, 0.1) is 0 Å². The topological polar surface area (TPSA) is 66.4 Å². The Hall–Kier alpha value is 0.200. The summed E-state index contributed by atoms with van der Waals surface area (Å²) in [6.07, 6.45) is 0.884. The van der Waals surface area contributed by atoms with Gasteiger partial charge in [-0.3, -0.25) is 4.79 Å². The van der Waals surface area contributed by atoms with Crippen molar-refractivity contribution >= 4 is 50.1 Å². The van der Waals surface area contributed by atoms with Crippen LogP contribution in [0.5, 0.6) is 0 Å². The molecule has 0 saturated heterocycles. The number of carboxylic acids is 1. The molecule has 0 aromatic carbocycles. The van der Waals surface area contributed by atoms with E-state index in [-0.39, 0.29) is 43.7 Å². The van der Waals surface area contributed by atoms with Crippen LogP contribution in [0, 0.1) is 5.92 Å². The Balaban J connectivity index is 0. The molecule has 5 heteroatoms. The fourth-order valence-corrected chi connectivity index (χ4v) is 0.794. The third-order valence-electron chi connectivity index (χ3n) is 1.27. The predicted octanol–water partition coefficient (Wildman–Crippen LogP) is -0.685. The van der Waals surface area contributed by atoms with Gasteiger partial charge in [0.25, 0.3) is 0 Å². The molecule has 0 unspecified atom stereocenters. The molecule has 0 heterocycles. The molecule has 0 aliphatic rings. The molecule has 0 aromatic heterocycles. The van der Waals surface area contributed by atoms with Gasteiger partial charge in [0, 0.05) is 0 Å². The van der Waals surface area contributed by atoms with Crippen molar-refractivity contribution in [1.29, 1.82) is 0 Å². The fraction of sp³-hybridized carbons (Fsp3) is 0.714. The summed E-state index contributed by atoms with van der Waals surface area (Å²) in [6.45, 7) is 3.81. The molecule has 68 valence electrons. The van der Waals surface area contributed by atoms with Crippen molar-refractivity contribution in [3.8, 4) is 0 Å². The normalized spacial score (nSPS) is 11.6. The van der Waals surface area contributed by atoms with E-state index in [1.54, 1.807) is 0 Å². The van der Waals surface area contributed by atoms with Gasteiger partial charge in [-0.25, -0.2) is 4.79 Å². The van der Waals surface area contributed by atoms with Crippen LogP contribution in [-0.4, -0.2) is 61.3 Å². The minimum atomic E-state index is -0.981. The van der Waals surface area contributed by atoms with Crippen LogP contribution in [0.3, 0.4) is 0 Å². The molecule has 1 atom stereocenters. The maximum absolute atomic E-state index is 10.4. The Morgan fingerprint density at radius 2 is 2.08 bits per heavy atom. The SMILES string of the molecule is CC(C)C[C@H](NC=O)C(=O)O.[CaH2]. The number of amides is 1. The second kappa shape index (κ2) is 7.83. The molecule has 12 heavy (non-hydrogen) atoms. The number of rotatable bonds is 5. The van der Waals surface area contributed by atoms with Crippen molar-refractivity contribution in [2.75, 3.05) is 0 Å². The van der Waals surface area contributed by atoms with Crippen molar-refractivity contribution in [2.24, 2.45) is 5.92 Å². The Kier molecular flexibility index (Phi) is 9.60. The van der Waals surface area contributed by atoms with Gasteiger partial charge in [-0.1, -0.05) is 13.8 Å². The molecule has 0 radical (unpaired) electrons. The van der Waals surface area contributed by atoms with Crippen molar-refractivity contribution in [3.63, 3.8) is 0 Å². The van der Waals surface area contributed by atoms with Gasteiger partial charge in [0.2, 0.25) is 6.41 Å². The summed E-state index contributed by atoms with van der Waals surface area (Å²) in [5.74, 6) is -0.714. The van der Waals surface area contributed by atoms with Crippen LogP contribution >= 0.6 is 0 Å². The molecule has 4 nitrogen and oxygen atoms in total. The second-order valence-corrected chi connectivity index (χ2v) is 2.80. The van der Waals surface area contributed by atoms with Crippen LogP contribution in [0.4, 0.5) is 0 Å². The molecule has 0 aromatic rings. The van der Waals surface area contributed by atoms with E-state index in [0.29, 0.717) is 12.8 Å². The van der Waals surface area contributed by atoms with E-state index in [2.05, 4.69) is 5.32 Å². The van der Waals surface area contributed by atoms with Crippen LogP contribution in [0.25, 0.3) is 0 Å². The Bertz CT molecular complexity index is 150. The molecule has 0 spiro atoms. The summed E-state index contributed by atoms with van der Waals surface area (Å²) in [4.78, 5) is 20.3. The summed E-state index contributed by atoms with van der Waals surface area (Å²) in [6, 6.07) is -0.743. The van der Waals surface area contributed by atoms with E-state index in [0.717, 1.165) is 0 Å². The van der Waals surface area contributed by atoms with Crippen molar-refractivity contribution in [1.82, 2.24) is 5.32 Å². The standard InChI is InChI=1S/C7H13NO3.Ca.2H/c1-5(2)3-6(7(10)11)8-4-9;;;/h4-6H,3H2,1-2H3,(H,8,9)(H,10,11);;;/t6-;;;/m0.../s1. The van der Waals surface area contributed by atoms with Crippen LogP contribution in [-0.2, 0) is 9.59 Å². The summed E-state index contributed by atoms with van der Waals surface area (Å²) in [5, 5.41) is 10.8. The minimum absolute atomic E-state index is 0. The summed E-state index contributed by atoms with van der Waals surface area (Å²) in [7, 11) is 0. The van der Waals surface area contributed by atoms with Gasteiger partial charge in [-0.05, 0) is 12.3 Å². The number of hydrogen-bond donors (Lipinski definition) is 2. The zero-order chi connectivity index (χ0) is 8.85. The van der Waals surface area contributed by atoms with E-state index < -0.39 is 12.0 Å². The second-order valence-electron chi connectivity index (χ2n) is 2.80. The van der Waals surface area contributed by atoms with E-state index in [1.807, 2.05) is 13.8 Å². The Labute approximate surface area is 102 Å². The number of carbonyl (C=O) groups excluding carboxylic acids is 1. The van der Waals surface area contributed by atoms with Crippen molar-refractivity contribution in [3.05, 3.63) is 0 Å². The molecule has 0 aliphatic heterocycles. The van der Waals surface area contributed by atoms with Crippen molar-refractivity contribution < 1.29 is 14.7 Å². The quantitative estimate of drug-likeness (QED) is 0.457. The average Bonchev–Trinajstić information content (AvgIpc) is 1.86. The van der Waals surface area contributed by atoms with Crippen LogP contribution in [0.15, 0.2) is 0 Å². The van der Waals surface area contributed by atoms with E-state index in [4.69, 9.17) is 5.11 Å². The molecule has 0 aliphatic carbocycles. The van der Waals surface area contributed by atoms with Gasteiger partial charge in [-0.2, -0.15) is 0 Å². The first-order valence-corrected chi connectivity index (χ1v) is 3.50. The zero-order valence-electron chi connectivity index (χ0n) is 6.70. The molecule has 2 N–H and O–H groups in total. The fourth-order valence-electron chi connectivity index (χ4n) is 0.794. The first-order valence-electron chi connectivity index (χ1n) is 3.50. The molecular formula is C7H15CaNO3. The molecule has 1 amide bonds. The summed E-state index contributed by atoms with van der Waals surface area (Å²) in [5.41, 5.74) is 0. The van der Waals surface area contributed by atoms with Crippen LogP contribution < -0.4 is 5.32 Å². The molecule has 0 bridgehead atoms. The molecule has 0 rings (SSSR count). The predicted molar refractivity (Wildman–Crippen MR) is 48.6 cm³/mol. The van der Waals surface area contributed by atoms with E-state index in [9.17, 15) is 9.59 Å². The summed E-state index contributed by atoms with van der Waals surface area (Å²) < 4.78 is 0. The number of aliphatic carboxylic acids is 1.